The number of allylic oxidation sites excluding steroid dienone is 2. The van der Waals surface area contributed by atoms with Gasteiger partial charge in [0.2, 0.25) is 0 Å². The smallest absolute Gasteiger partial charge is 0.0656 e. The summed E-state index contributed by atoms with van der Waals surface area (Å²) in [6.07, 6.45) is 5.15. The zero-order chi connectivity index (χ0) is 6.91. The van der Waals surface area contributed by atoms with Crippen molar-refractivity contribution in [2.24, 2.45) is 16.4 Å². The predicted octanol–water partition coefficient (Wildman–Crippen LogP) is 1.29. The molecule has 0 aliphatic heterocycles. The van der Waals surface area contributed by atoms with E-state index in [1.54, 1.807) is 0 Å². The highest BCUT2D eigenvalue weighted by atomic mass is 15.1. The maximum atomic E-state index is 5.15. The summed E-state index contributed by atoms with van der Waals surface area (Å²) < 4.78 is 0. The van der Waals surface area contributed by atoms with Crippen molar-refractivity contribution in [3.05, 3.63) is 12.2 Å². The van der Waals surface area contributed by atoms with Gasteiger partial charge in [-0.2, -0.15) is 5.10 Å². The Morgan fingerprint density at radius 2 is 2.33 bits per heavy atom. The van der Waals surface area contributed by atoms with Crippen LogP contribution in [0.5, 0.6) is 0 Å². The van der Waals surface area contributed by atoms with Crippen LogP contribution in [0.4, 0.5) is 0 Å². The number of hydrogen-bond donors (Lipinski definition) is 1. The molecule has 50 valence electrons. The molecule has 0 atom stereocenters. The maximum Gasteiger partial charge on any atom is 0.0656 e. The Bertz CT molecular complexity index is 166. The first-order valence-corrected chi connectivity index (χ1v) is 3.12. The Morgan fingerprint density at radius 3 is 2.56 bits per heavy atom. The van der Waals surface area contributed by atoms with Gasteiger partial charge >= 0.3 is 0 Å². The fourth-order valence-electron chi connectivity index (χ4n) is 1.01. The van der Waals surface area contributed by atoms with E-state index in [9.17, 15) is 0 Å². The average Bonchev–Trinajstić information content (AvgIpc) is 2.08. The molecule has 0 aromatic carbocycles. The second-order valence-electron chi connectivity index (χ2n) is 3.00. The fraction of sp³-hybridized carbons (Fsp3) is 0.571. The van der Waals surface area contributed by atoms with Crippen LogP contribution in [0.1, 0.15) is 20.3 Å². The number of rotatable bonds is 0. The quantitative estimate of drug-likeness (QED) is 0.383. The minimum Gasteiger partial charge on any atom is -0.323 e. The van der Waals surface area contributed by atoms with E-state index in [4.69, 9.17) is 5.84 Å². The lowest BCUT2D eigenvalue weighted by Crippen LogP contribution is -2.18. The van der Waals surface area contributed by atoms with Crippen molar-refractivity contribution in [2.75, 3.05) is 0 Å². The highest BCUT2D eigenvalue weighted by molar-refractivity contribution is 6.01. The van der Waals surface area contributed by atoms with Gasteiger partial charge in [-0.15, -0.1) is 0 Å². The highest BCUT2D eigenvalue weighted by Crippen LogP contribution is 2.28. The van der Waals surface area contributed by atoms with Gasteiger partial charge < -0.3 is 5.84 Å². The molecule has 9 heavy (non-hydrogen) atoms. The summed E-state index contributed by atoms with van der Waals surface area (Å²) in [6.45, 7) is 4.28. The number of hydrazone groups is 1. The molecule has 1 rings (SSSR count). The largest absolute Gasteiger partial charge is 0.323 e. The molecule has 0 amide bonds. The monoisotopic (exact) mass is 124 g/mol. The van der Waals surface area contributed by atoms with Gasteiger partial charge in [-0.05, 0) is 12.5 Å². The molecular formula is C7H12N2. The molecule has 0 unspecified atom stereocenters. The van der Waals surface area contributed by atoms with Crippen molar-refractivity contribution >= 4 is 5.71 Å². The van der Waals surface area contributed by atoms with Gasteiger partial charge in [-0.3, -0.25) is 0 Å². The maximum absolute atomic E-state index is 5.15. The lowest BCUT2D eigenvalue weighted by atomic mass is 9.89. The van der Waals surface area contributed by atoms with E-state index in [0.717, 1.165) is 12.1 Å². The minimum atomic E-state index is 0.175. The first-order chi connectivity index (χ1) is 4.17. The third-order valence-corrected chi connectivity index (χ3v) is 1.74. The molecule has 0 saturated carbocycles. The van der Waals surface area contributed by atoms with Gasteiger partial charge in [-0.1, -0.05) is 19.9 Å². The molecule has 2 N–H and O–H groups in total. The normalized spacial score (nSPS) is 27.6. The van der Waals surface area contributed by atoms with E-state index in [1.807, 2.05) is 6.08 Å². The van der Waals surface area contributed by atoms with Crippen LogP contribution in [0.2, 0.25) is 0 Å². The molecule has 0 aromatic rings. The lowest BCUT2D eigenvalue weighted by Gasteiger charge is -2.16. The third-order valence-electron chi connectivity index (χ3n) is 1.74. The topological polar surface area (TPSA) is 38.4 Å². The number of nitrogens with zero attached hydrogens (tertiary/aromatic N) is 1. The second kappa shape index (κ2) is 1.87. The second-order valence-corrected chi connectivity index (χ2v) is 3.00. The van der Waals surface area contributed by atoms with Crippen LogP contribution in [0.3, 0.4) is 0 Å². The van der Waals surface area contributed by atoms with Crippen LogP contribution in [-0.4, -0.2) is 5.71 Å². The van der Waals surface area contributed by atoms with E-state index in [1.165, 1.54) is 0 Å². The molecule has 2 heteroatoms. The van der Waals surface area contributed by atoms with Crippen LogP contribution < -0.4 is 5.84 Å². The van der Waals surface area contributed by atoms with Crippen LogP contribution >= 0.6 is 0 Å². The first kappa shape index (κ1) is 6.33. The first-order valence-electron chi connectivity index (χ1n) is 3.12. The van der Waals surface area contributed by atoms with Gasteiger partial charge in [0, 0.05) is 5.41 Å². The Kier molecular flexibility index (Phi) is 1.31. The van der Waals surface area contributed by atoms with Gasteiger partial charge in [0.25, 0.3) is 0 Å². The summed E-state index contributed by atoms with van der Waals surface area (Å²) in [5.74, 6) is 5.15. The van der Waals surface area contributed by atoms with Crippen molar-refractivity contribution in [1.29, 1.82) is 0 Å². The summed E-state index contributed by atoms with van der Waals surface area (Å²) in [7, 11) is 0. The molecule has 0 heterocycles. The SMILES string of the molecule is CC1(C)CC=C/C1=N/N. The fourth-order valence-corrected chi connectivity index (χ4v) is 1.01. The summed E-state index contributed by atoms with van der Waals surface area (Å²) in [6, 6.07) is 0. The van der Waals surface area contributed by atoms with E-state index < -0.39 is 0 Å². The van der Waals surface area contributed by atoms with Gasteiger partial charge in [-0.25, -0.2) is 0 Å². The highest BCUT2D eigenvalue weighted by Gasteiger charge is 2.25. The lowest BCUT2D eigenvalue weighted by molar-refractivity contribution is 0.546. The zero-order valence-corrected chi connectivity index (χ0v) is 5.89. The Morgan fingerprint density at radius 1 is 1.67 bits per heavy atom. The molecule has 0 bridgehead atoms. The van der Waals surface area contributed by atoms with Crippen molar-refractivity contribution in [3.8, 4) is 0 Å². The molecule has 0 radical (unpaired) electrons. The molecule has 1 aliphatic carbocycles. The molecule has 2 nitrogen and oxygen atoms in total. The van der Waals surface area contributed by atoms with E-state index >= 15 is 0 Å². The van der Waals surface area contributed by atoms with Crippen molar-refractivity contribution in [3.63, 3.8) is 0 Å². The third kappa shape index (κ3) is 0.969. The number of nitrogens with two attached hydrogens (primary N) is 1. The molecule has 0 fully saturated rings. The van der Waals surface area contributed by atoms with Gasteiger partial charge in [0.05, 0.1) is 5.71 Å². The van der Waals surface area contributed by atoms with Crippen molar-refractivity contribution in [2.45, 2.75) is 20.3 Å². The van der Waals surface area contributed by atoms with Gasteiger partial charge in [0.1, 0.15) is 0 Å². The van der Waals surface area contributed by atoms with Crippen LogP contribution in [0.25, 0.3) is 0 Å². The molecule has 0 saturated heterocycles. The average molecular weight is 124 g/mol. The molecule has 1 aliphatic rings. The Balaban J connectivity index is 2.85. The van der Waals surface area contributed by atoms with Gasteiger partial charge in [0.15, 0.2) is 0 Å². The molecular weight excluding hydrogens is 112 g/mol. The Labute approximate surface area is 55.4 Å². The van der Waals surface area contributed by atoms with Crippen LogP contribution in [-0.2, 0) is 0 Å². The van der Waals surface area contributed by atoms with Crippen LogP contribution in [0, 0.1) is 5.41 Å². The summed E-state index contributed by atoms with van der Waals surface area (Å²) >= 11 is 0. The summed E-state index contributed by atoms with van der Waals surface area (Å²) in [5, 5.41) is 3.67. The van der Waals surface area contributed by atoms with E-state index in [2.05, 4.69) is 25.0 Å². The Hall–Kier alpha value is -0.790. The van der Waals surface area contributed by atoms with Crippen molar-refractivity contribution in [1.82, 2.24) is 0 Å². The summed E-state index contributed by atoms with van der Waals surface area (Å²) in [4.78, 5) is 0. The minimum absolute atomic E-state index is 0.175. The van der Waals surface area contributed by atoms with Crippen molar-refractivity contribution < 1.29 is 0 Å². The predicted molar refractivity (Wildman–Crippen MR) is 39.2 cm³/mol. The zero-order valence-electron chi connectivity index (χ0n) is 5.89. The molecule has 0 aromatic heterocycles. The standard InChI is InChI=1S/C7H12N2/c1-7(2)5-3-4-6(7)9-8/h3-4H,5,8H2,1-2H3/b9-6-. The van der Waals surface area contributed by atoms with Crippen LogP contribution in [0.15, 0.2) is 17.3 Å². The molecule has 0 spiro atoms. The van der Waals surface area contributed by atoms with E-state index in [-0.39, 0.29) is 5.41 Å². The summed E-state index contributed by atoms with van der Waals surface area (Å²) in [5.41, 5.74) is 1.18. The van der Waals surface area contributed by atoms with E-state index in [0.29, 0.717) is 0 Å². The number of hydrogen-bond acceptors (Lipinski definition) is 2.